The van der Waals surface area contributed by atoms with Gasteiger partial charge < -0.3 is 10.6 Å². The van der Waals surface area contributed by atoms with Crippen LogP contribution in [0.2, 0.25) is 0 Å². The van der Waals surface area contributed by atoms with Gasteiger partial charge in [-0.1, -0.05) is 11.4 Å². The molecule has 0 radical (unpaired) electrons. The van der Waals surface area contributed by atoms with Crippen LogP contribution in [-0.4, -0.2) is 34.1 Å². The molecule has 5 nitrogen and oxygen atoms in total. The summed E-state index contributed by atoms with van der Waals surface area (Å²) in [5.74, 6) is 0.434. The fourth-order valence-electron chi connectivity index (χ4n) is 2.09. The molecule has 0 aliphatic carbocycles. The summed E-state index contributed by atoms with van der Waals surface area (Å²) < 4.78 is 3.69. The standard InChI is InChI=1S/C10H16N4OS.ClH/c1-6-3-4-11-7(2)9(6)13-10(15)8-5-12-14-16-8;/h5-7,9,11H,3-4H2,1-2H3,(H,13,15);1H. The highest BCUT2D eigenvalue weighted by Gasteiger charge is 2.29. The van der Waals surface area contributed by atoms with E-state index in [0.717, 1.165) is 24.5 Å². The van der Waals surface area contributed by atoms with Crippen LogP contribution in [0.3, 0.4) is 0 Å². The number of piperidine rings is 1. The number of nitrogens with zero attached hydrogens (tertiary/aromatic N) is 2. The zero-order valence-corrected chi connectivity index (χ0v) is 11.5. The van der Waals surface area contributed by atoms with E-state index in [1.807, 2.05) is 0 Å². The smallest absolute Gasteiger partial charge is 0.264 e. The lowest BCUT2D eigenvalue weighted by atomic mass is 9.89. The Balaban J connectivity index is 0.00000144. The average molecular weight is 277 g/mol. The minimum absolute atomic E-state index is 0. The molecular formula is C10H17ClN4OS. The van der Waals surface area contributed by atoms with E-state index in [-0.39, 0.29) is 24.4 Å². The molecule has 0 saturated carbocycles. The fraction of sp³-hybridized carbons (Fsp3) is 0.700. The Labute approximate surface area is 111 Å². The molecule has 3 unspecified atom stereocenters. The summed E-state index contributed by atoms with van der Waals surface area (Å²) in [7, 11) is 0. The Bertz CT molecular complexity index is 349. The molecule has 96 valence electrons. The van der Waals surface area contributed by atoms with E-state index in [4.69, 9.17) is 0 Å². The summed E-state index contributed by atoms with van der Waals surface area (Å²) in [5.41, 5.74) is 0. The monoisotopic (exact) mass is 276 g/mol. The molecule has 1 aliphatic heterocycles. The van der Waals surface area contributed by atoms with Crippen LogP contribution >= 0.6 is 23.9 Å². The number of hydrogen-bond donors (Lipinski definition) is 2. The van der Waals surface area contributed by atoms with E-state index in [1.165, 1.54) is 6.20 Å². The molecule has 1 aromatic rings. The predicted octanol–water partition coefficient (Wildman–Crippen LogP) is 1.08. The van der Waals surface area contributed by atoms with Gasteiger partial charge in [-0.2, -0.15) is 0 Å². The topological polar surface area (TPSA) is 66.9 Å². The first-order chi connectivity index (χ1) is 7.68. The summed E-state index contributed by atoms with van der Waals surface area (Å²) in [6, 6.07) is 0.497. The van der Waals surface area contributed by atoms with Gasteiger partial charge in [-0.05, 0) is 37.3 Å². The van der Waals surface area contributed by atoms with Gasteiger partial charge in [0.1, 0.15) is 4.88 Å². The second-order valence-electron chi connectivity index (χ2n) is 4.29. The molecule has 7 heteroatoms. The molecule has 1 aliphatic rings. The van der Waals surface area contributed by atoms with Crippen LogP contribution in [0.1, 0.15) is 29.9 Å². The molecule has 0 bridgehead atoms. The summed E-state index contributed by atoms with van der Waals surface area (Å²) in [6.45, 7) is 5.30. The molecular weight excluding hydrogens is 260 g/mol. The Kier molecular flexibility index (Phi) is 5.30. The predicted molar refractivity (Wildman–Crippen MR) is 69.7 cm³/mol. The van der Waals surface area contributed by atoms with Crippen molar-refractivity contribution in [3.05, 3.63) is 11.1 Å². The third-order valence-corrected chi connectivity index (χ3v) is 3.76. The Hall–Kier alpha value is -0.720. The average Bonchev–Trinajstić information content (AvgIpc) is 2.76. The minimum Gasteiger partial charge on any atom is -0.347 e. The van der Waals surface area contributed by atoms with Crippen molar-refractivity contribution in [1.29, 1.82) is 0 Å². The van der Waals surface area contributed by atoms with E-state index in [0.29, 0.717) is 16.8 Å². The number of hydrogen-bond acceptors (Lipinski definition) is 5. The van der Waals surface area contributed by atoms with Gasteiger partial charge in [0.15, 0.2) is 0 Å². The maximum absolute atomic E-state index is 11.9. The zero-order chi connectivity index (χ0) is 11.5. The largest absolute Gasteiger partial charge is 0.347 e. The lowest BCUT2D eigenvalue weighted by Gasteiger charge is -2.35. The first-order valence-corrected chi connectivity index (χ1v) is 6.27. The quantitative estimate of drug-likeness (QED) is 0.848. The maximum Gasteiger partial charge on any atom is 0.264 e. The van der Waals surface area contributed by atoms with Crippen molar-refractivity contribution >= 4 is 29.8 Å². The van der Waals surface area contributed by atoms with Crippen molar-refractivity contribution in [3.8, 4) is 0 Å². The Morgan fingerprint density at radius 2 is 2.35 bits per heavy atom. The lowest BCUT2D eigenvalue weighted by Crippen LogP contribution is -2.55. The van der Waals surface area contributed by atoms with E-state index in [9.17, 15) is 4.79 Å². The van der Waals surface area contributed by atoms with Crippen LogP contribution in [0.25, 0.3) is 0 Å². The molecule has 1 saturated heterocycles. The Morgan fingerprint density at radius 3 is 2.94 bits per heavy atom. The fourth-order valence-corrected chi connectivity index (χ4v) is 2.51. The normalized spacial score (nSPS) is 28.2. The summed E-state index contributed by atoms with van der Waals surface area (Å²) >= 11 is 1.13. The molecule has 17 heavy (non-hydrogen) atoms. The van der Waals surface area contributed by atoms with Crippen molar-refractivity contribution < 1.29 is 4.79 Å². The van der Waals surface area contributed by atoms with E-state index in [2.05, 4.69) is 34.1 Å². The molecule has 3 atom stereocenters. The molecule has 2 N–H and O–H groups in total. The first-order valence-electron chi connectivity index (χ1n) is 5.50. The number of carbonyl (C=O) groups excluding carboxylic acids is 1. The second-order valence-corrected chi connectivity index (χ2v) is 5.08. The lowest BCUT2D eigenvalue weighted by molar-refractivity contribution is 0.0901. The number of halogens is 1. The summed E-state index contributed by atoms with van der Waals surface area (Å²) in [5, 5.41) is 10.1. The highest BCUT2D eigenvalue weighted by Crippen LogP contribution is 2.17. The molecule has 2 rings (SSSR count). The van der Waals surface area contributed by atoms with Gasteiger partial charge in [0, 0.05) is 12.1 Å². The van der Waals surface area contributed by atoms with Crippen molar-refractivity contribution in [1.82, 2.24) is 20.2 Å². The van der Waals surface area contributed by atoms with Crippen LogP contribution in [0, 0.1) is 5.92 Å². The molecule has 0 aromatic carbocycles. The van der Waals surface area contributed by atoms with Crippen molar-refractivity contribution in [2.24, 2.45) is 5.92 Å². The van der Waals surface area contributed by atoms with Gasteiger partial charge in [-0.15, -0.1) is 17.5 Å². The number of amides is 1. The van der Waals surface area contributed by atoms with Gasteiger partial charge in [-0.25, -0.2) is 0 Å². The van der Waals surface area contributed by atoms with Crippen LogP contribution in [0.15, 0.2) is 6.20 Å². The molecule has 1 fully saturated rings. The maximum atomic E-state index is 11.9. The van der Waals surface area contributed by atoms with Crippen molar-refractivity contribution in [2.75, 3.05) is 6.54 Å². The second kappa shape index (κ2) is 6.28. The SMILES string of the molecule is CC1CCNC(C)C1NC(=O)c1cnns1.Cl. The number of aromatic nitrogens is 2. The minimum atomic E-state index is -0.0672. The highest BCUT2D eigenvalue weighted by molar-refractivity contribution is 7.07. The number of rotatable bonds is 2. The van der Waals surface area contributed by atoms with E-state index in [1.54, 1.807) is 0 Å². The van der Waals surface area contributed by atoms with Crippen LogP contribution < -0.4 is 10.6 Å². The van der Waals surface area contributed by atoms with Crippen LogP contribution in [-0.2, 0) is 0 Å². The molecule has 0 spiro atoms. The van der Waals surface area contributed by atoms with Gasteiger partial charge in [-0.3, -0.25) is 4.79 Å². The molecule has 1 aromatic heterocycles. The van der Waals surface area contributed by atoms with Crippen LogP contribution in [0.4, 0.5) is 0 Å². The third-order valence-electron chi connectivity index (χ3n) is 3.10. The highest BCUT2D eigenvalue weighted by atomic mass is 35.5. The first kappa shape index (κ1) is 14.3. The van der Waals surface area contributed by atoms with Gasteiger partial charge in [0.25, 0.3) is 5.91 Å². The summed E-state index contributed by atoms with van der Waals surface area (Å²) in [6.07, 6.45) is 2.60. The van der Waals surface area contributed by atoms with E-state index >= 15 is 0 Å². The third kappa shape index (κ3) is 3.37. The van der Waals surface area contributed by atoms with Gasteiger partial charge >= 0.3 is 0 Å². The van der Waals surface area contributed by atoms with Gasteiger partial charge in [0.2, 0.25) is 0 Å². The molecule has 1 amide bonds. The van der Waals surface area contributed by atoms with E-state index < -0.39 is 0 Å². The zero-order valence-electron chi connectivity index (χ0n) is 9.84. The van der Waals surface area contributed by atoms with Crippen LogP contribution in [0.5, 0.6) is 0 Å². The number of carbonyl (C=O) groups is 1. The molecule has 2 heterocycles. The number of nitrogens with one attached hydrogen (secondary N) is 2. The van der Waals surface area contributed by atoms with Crippen molar-refractivity contribution in [2.45, 2.75) is 32.4 Å². The summed E-state index contributed by atoms with van der Waals surface area (Å²) in [4.78, 5) is 12.4. The Morgan fingerprint density at radius 1 is 1.59 bits per heavy atom. The van der Waals surface area contributed by atoms with Crippen molar-refractivity contribution in [3.63, 3.8) is 0 Å². The van der Waals surface area contributed by atoms with Gasteiger partial charge in [0.05, 0.1) is 6.20 Å².